The van der Waals surface area contributed by atoms with E-state index in [1.54, 1.807) is 16.8 Å². The molecule has 3 rings (SSSR count). The van der Waals surface area contributed by atoms with Crippen molar-refractivity contribution in [3.63, 3.8) is 0 Å². The van der Waals surface area contributed by atoms with Gasteiger partial charge in [0.05, 0.1) is 11.3 Å². The van der Waals surface area contributed by atoms with Gasteiger partial charge in [-0.3, -0.25) is 4.79 Å². The molecule has 1 heterocycles. The molecule has 0 aliphatic heterocycles. The predicted octanol–water partition coefficient (Wildman–Crippen LogP) is 3.52. The number of carbonyl (C=O) groups is 1. The molecule has 3 aromatic rings. The number of benzene rings is 2. The minimum atomic E-state index is -0.184. The fraction of sp³-hybridized carbons (Fsp3) is 0.0588. The van der Waals surface area contributed by atoms with Crippen LogP contribution >= 0.6 is 0 Å². The summed E-state index contributed by atoms with van der Waals surface area (Å²) in [5.41, 5.74) is 1.94. The second-order valence-electron chi connectivity index (χ2n) is 4.89. The van der Waals surface area contributed by atoms with Gasteiger partial charge in [0, 0.05) is 18.0 Å². The Morgan fingerprint density at radius 3 is 2.64 bits per heavy atom. The molecule has 22 heavy (non-hydrogen) atoms. The first-order valence-corrected chi connectivity index (χ1v) is 6.85. The summed E-state index contributed by atoms with van der Waals surface area (Å²) in [5, 5.41) is 17.2. The van der Waals surface area contributed by atoms with Crippen LogP contribution in [0.3, 0.4) is 0 Å². The number of aromatic hydroxyl groups is 1. The topological polar surface area (TPSA) is 67.2 Å². The second-order valence-corrected chi connectivity index (χ2v) is 4.89. The van der Waals surface area contributed by atoms with Gasteiger partial charge in [-0.15, -0.1) is 0 Å². The molecule has 0 saturated carbocycles. The van der Waals surface area contributed by atoms with Crippen LogP contribution in [0.4, 0.5) is 11.5 Å². The zero-order valence-corrected chi connectivity index (χ0v) is 12.0. The molecule has 0 atom stereocenters. The zero-order chi connectivity index (χ0) is 15.5. The van der Waals surface area contributed by atoms with Gasteiger partial charge in [0.2, 0.25) is 0 Å². The Morgan fingerprint density at radius 2 is 1.91 bits per heavy atom. The lowest BCUT2D eigenvalue weighted by molar-refractivity contribution is 0.101. The van der Waals surface area contributed by atoms with Crippen molar-refractivity contribution in [3.8, 4) is 11.4 Å². The van der Waals surface area contributed by atoms with Gasteiger partial charge in [-0.05, 0) is 37.3 Å². The number of Topliss-reactive ketones (excluding diaryl/α,β-unsaturated/α-hetero) is 1. The van der Waals surface area contributed by atoms with Crippen molar-refractivity contribution >= 4 is 17.3 Å². The number of aromatic nitrogens is 2. The summed E-state index contributed by atoms with van der Waals surface area (Å²) in [7, 11) is 0. The number of ketones is 1. The van der Waals surface area contributed by atoms with Crippen LogP contribution in [0, 0.1) is 0 Å². The minimum absolute atomic E-state index is 0.0205. The van der Waals surface area contributed by atoms with Crippen LogP contribution in [0.25, 0.3) is 5.69 Å². The van der Waals surface area contributed by atoms with Gasteiger partial charge in [0.1, 0.15) is 5.75 Å². The Morgan fingerprint density at radius 1 is 1.14 bits per heavy atom. The van der Waals surface area contributed by atoms with E-state index < -0.39 is 0 Å². The smallest absolute Gasteiger partial charge is 0.163 e. The molecule has 0 aliphatic rings. The largest absolute Gasteiger partial charge is 0.507 e. The first-order valence-electron chi connectivity index (χ1n) is 6.85. The van der Waals surface area contributed by atoms with Crippen molar-refractivity contribution in [2.45, 2.75) is 6.92 Å². The molecule has 110 valence electrons. The highest BCUT2D eigenvalue weighted by molar-refractivity contribution is 5.97. The van der Waals surface area contributed by atoms with Gasteiger partial charge in [-0.1, -0.05) is 18.2 Å². The quantitative estimate of drug-likeness (QED) is 0.570. The summed E-state index contributed by atoms with van der Waals surface area (Å²) in [6, 6.07) is 16.4. The molecule has 0 aliphatic carbocycles. The third-order valence-corrected chi connectivity index (χ3v) is 3.26. The number of nitrogens with one attached hydrogen (secondary N) is 1. The highest BCUT2D eigenvalue weighted by atomic mass is 16.3. The molecule has 0 radical (unpaired) electrons. The summed E-state index contributed by atoms with van der Waals surface area (Å²) in [4.78, 5) is 11.5. The molecule has 5 nitrogen and oxygen atoms in total. The van der Waals surface area contributed by atoms with Gasteiger partial charge in [-0.2, -0.15) is 5.10 Å². The molecular weight excluding hydrogens is 278 g/mol. The van der Waals surface area contributed by atoms with Gasteiger partial charge >= 0.3 is 0 Å². The number of nitrogens with zero attached hydrogens (tertiary/aromatic N) is 2. The lowest BCUT2D eigenvalue weighted by Gasteiger charge is -2.06. The van der Waals surface area contributed by atoms with Gasteiger partial charge in [-0.25, -0.2) is 4.68 Å². The molecule has 0 amide bonds. The summed E-state index contributed by atoms with van der Waals surface area (Å²) in [6.45, 7) is 1.42. The van der Waals surface area contributed by atoms with Crippen molar-refractivity contribution in [3.05, 3.63) is 66.4 Å². The van der Waals surface area contributed by atoms with Crippen molar-refractivity contribution < 1.29 is 9.90 Å². The predicted molar refractivity (Wildman–Crippen MR) is 85.0 cm³/mol. The van der Waals surface area contributed by atoms with E-state index in [2.05, 4.69) is 10.4 Å². The summed E-state index contributed by atoms with van der Waals surface area (Å²) >= 11 is 0. The number of para-hydroxylation sites is 1. The number of hydrogen-bond acceptors (Lipinski definition) is 4. The van der Waals surface area contributed by atoms with Crippen molar-refractivity contribution in [1.82, 2.24) is 9.78 Å². The number of carbonyl (C=O) groups excluding carboxylic acids is 1. The first kappa shape index (κ1) is 13.9. The van der Waals surface area contributed by atoms with Gasteiger partial charge < -0.3 is 10.4 Å². The number of rotatable bonds is 4. The maximum Gasteiger partial charge on any atom is 0.163 e. The maximum atomic E-state index is 11.5. The summed E-state index contributed by atoms with van der Waals surface area (Å²) < 4.78 is 1.76. The first-order chi connectivity index (χ1) is 10.6. The van der Waals surface area contributed by atoms with Crippen LogP contribution in [0.2, 0.25) is 0 Å². The molecule has 1 aromatic heterocycles. The normalized spacial score (nSPS) is 10.4. The third-order valence-electron chi connectivity index (χ3n) is 3.26. The number of phenols is 1. The Balaban J connectivity index is 1.84. The van der Waals surface area contributed by atoms with Crippen LogP contribution in [0.1, 0.15) is 17.3 Å². The fourth-order valence-electron chi connectivity index (χ4n) is 2.16. The Kier molecular flexibility index (Phi) is 3.62. The summed E-state index contributed by atoms with van der Waals surface area (Å²) in [5.74, 6) is 0.452. The molecule has 0 unspecified atom stereocenters. The van der Waals surface area contributed by atoms with E-state index in [0.717, 1.165) is 5.69 Å². The van der Waals surface area contributed by atoms with Gasteiger partial charge in [0.25, 0.3) is 0 Å². The molecule has 2 aromatic carbocycles. The van der Waals surface area contributed by atoms with Crippen molar-refractivity contribution in [2.75, 3.05) is 5.32 Å². The van der Waals surface area contributed by atoms with Crippen LogP contribution in [0.5, 0.6) is 5.75 Å². The van der Waals surface area contributed by atoms with Crippen molar-refractivity contribution in [1.29, 1.82) is 0 Å². The Hall–Kier alpha value is -3.08. The maximum absolute atomic E-state index is 11.5. The van der Waals surface area contributed by atoms with E-state index in [-0.39, 0.29) is 17.1 Å². The zero-order valence-electron chi connectivity index (χ0n) is 12.0. The average molecular weight is 293 g/mol. The summed E-state index contributed by atoms with van der Waals surface area (Å²) in [6.07, 6.45) is 1.85. The molecular formula is C17H15N3O2. The molecule has 2 N–H and O–H groups in total. The average Bonchev–Trinajstić information content (AvgIpc) is 2.98. The van der Waals surface area contributed by atoms with Crippen LogP contribution in [0.15, 0.2) is 60.8 Å². The van der Waals surface area contributed by atoms with Crippen LogP contribution in [-0.2, 0) is 0 Å². The van der Waals surface area contributed by atoms with E-state index >= 15 is 0 Å². The lowest BCUT2D eigenvalue weighted by Crippen LogP contribution is -1.98. The number of phenolic OH excluding ortho intramolecular Hbond substituents is 1. The van der Waals surface area contributed by atoms with E-state index in [4.69, 9.17) is 0 Å². The minimum Gasteiger partial charge on any atom is -0.507 e. The van der Waals surface area contributed by atoms with E-state index in [1.807, 2.05) is 42.6 Å². The lowest BCUT2D eigenvalue weighted by atomic mass is 10.1. The standard InChI is InChI=1S/C17H15N3O2/c1-12(21)15-11-13(7-8-16(15)22)18-17-9-10-20(19-17)14-5-3-2-4-6-14/h2-11,22H,1H3,(H,18,19). The van der Waals surface area contributed by atoms with Gasteiger partial charge in [0.15, 0.2) is 11.6 Å². The monoisotopic (exact) mass is 293 g/mol. The number of anilines is 2. The molecule has 0 fully saturated rings. The highest BCUT2D eigenvalue weighted by Gasteiger charge is 2.08. The second kappa shape index (κ2) is 5.73. The van der Waals surface area contributed by atoms with Crippen LogP contribution < -0.4 is 5.32 Å². The van der Waals surface area contributed by atoms with Crippen LogP contribution in [-0.4, -0.2) is 20.7 Å². The molecule has 0 spiro atoms. The Bertz CT molecular complexity index is 810. The highest BCUT2D eigenvalue weighted by Crippen LogP contribution is 2.24. The van der Waals surface area contributed by atoms with Crippen molar-refractivity contribution in [2.24, 2.45) is 0 Å². The molecule has 0 saturated heterocycles. The number of hydrogen-bond donors (Lipinski definition) is 2. The third kappa shape index (κ3) is 2.83. The van der Waals surface area contributed by atoms with E-state index in [9.17, 15) is 9.90 Å². The van der Waals surface area contributed by atoms with E-state index in [1.165, 1.54) is 13.0 Å². The Labute approximate surface area is 127 Å². The SMILES string of the molecule is CC(=O)c1cc(Nc2ccn(-c3ccccc3)n2)ccc1O. The molecule has 5 heteroatoms. The fourth-order valence-corrected chi connectivity index (χ4v) is 2.16. The van der Waals surface area contributed by atoms with E-state index in [0.29, 0.717) is 11.5 Å². The molecule has 0 bridgehead atoms.